The number of hydrogen-bond acceptors (Lipinski definition) is 2. The second-order valence-corrected chi connectivity index (χ2v) is 11.8. The van der Waals surface area contributed by atoms with E-state index in [9.17, 15) is 9.18 Å². The average Bonchev–Trinajstić information content (AvgIpc) is 3.45. The van der Waals surface area contributed by atoms with Crippen LogP contribution in [0.15, 0.2) is 132 Å². The summed E-state index contributed by atoms with van der Waals surface area (Å²) in [6.45, 7) is 2.64. The number of halogens is 2. The lowest BCUT2D eigenvalue weighted by molar-refractivity contribution is -0.117. The molecule has 44 heavy (non-hydrogen) atoms. The van der Waals surface area contributed by atoms with Gasteiger partial charge in [-0.1, -0.05) is 120 Å². The van der Waals surface area contributed by atoms with Crippen molar-refractivity contribution < 1.29 is 13.9 Å². The first-order valence-electron chi connectivity index (χ1n) is 15.2. The molecule has 5 aromatic rings. The van der Waals surface area contributed by atoms with Crippen LogP contribution in [0.5, 0.6) is 5.75 Å². The molecule has 0 spiro atoms. The number of rotatable bonds is 9. The maximum atomic E-state index is 12.9. The van der Waals surface area contributed by atoms with E-state index in [1.807, 2.05) is 77.7 Å². The summed E-state index contributed by atoms with van der Waals surface area (Å²) in [7, 11) is 0. The van der Waals surface area contributed by atoms with E-state index in [2.05, 4.69) is 65.3 Å². The normalized spacial score (nSPS) is 14.2. The Hall–Kier alpha value is -4.22. The van der Waals surface area contributed by atoms with Crippen molar-refractivity contribution in [2.45, 2.75) is 51.7 Å². The summed E-state index contributed by atoms with van der Waals surface area (Å²) < 4.78 is 19.6. The number of carbonyl (C=O) groups is 1. The van der Waals surface area contributed by atoms with Gasteiger partial charge in [0.2, 0.25) is 5.91 Å². The third-order valence-corrected chi connectivity index (χ3v) is 8.26. The van der Waals surface area contributed by atoms with E-state index in [1.165, 1.54) is 30.5 Å². The first-order chi connectivity index (χ1) is 21.5. The van der Waals surface area contributed by atoms with Crippen molar-refractivity contribution in [3.05, 3.63) is 154 Å². The molecule has 1 heterocycles. The van der Waals surface area contributed by atoms with Crippen molar-refractivity contribution in [1.29, 1.82) is 0 Å². The molecule has 3 nitrogen and oxygen atoms in total. The third-order valence-electron chi connectivity index (χ3n) is 7.77. The van der Waals surface area contributed by atoms with Crippen LogP contribution in [0.4, 0.5) is 10.1 Å². The Labute approximate surface area is 268 Å². The zero-order valence-electron chi connectivity index (χ0n) is 25.0. The Morgan fingerprint density at radius 1 is 0.795 bits per heavy atom. The highest BCUT2D eigenvalue weighted by Crippen LogP contribution is 2.42. The topological polar surface area (TPSA) is 29.5 Å². The fourth-order valence-corrected chi connectivity index (χ4v) is 5.76. The van der Waals surface area contributed by atoms with Gasteiger partial charge in [0.15, 0.2) is 0 Å². The largest absolute Gasteiger partial charge is 0.489 e. The molecule has 5 aromatic carbocycles. The number of aryl methyl sites for hydroxylation is 1. The minimum atomic E-state index is -0.148. The lowest BCUT2D eigenvalue weighted by Crippen LogP contribution is -2.27. The summed E-state index contributed by atoms with van der Waals surface area (Å²) in [5.74, 6) is 0.800. The van der Waals surface area contributed by atoms with Crippen LogP contribution in [0.1, 0.15) is 55.3 Å². The van der Waals surface area contributed by atoms with Crippen molar-refractivity contribution in [2.24, 2.45) is 0 Å². The van der Waals surface area contributed by atoms with Crippen LogP contribution in [0, 0.1) is 5.82 Å². The quantitative estimate of drug-likeness (QED) is 0.159. The van der Waals surface area contributed by atoms with Crippen LogP contribution in [0.3, 0.4) is 0 Å². The monoisotopic (exact) mass is 649 g/mol. The van der Waals surface area contributed by atoms with Gasteiger partial charge in [-0.25, -0.2) is 4.39 Å². The molecule has 1 saturated heterocycles. The fourth-order valence-electron chi connectivity index (χ4n) is 5.42. The first-order valence-corrected chi connectivity index (χ1v) is 16.0. The Bertz CT molecular complexity index is 1620. The summed E-state index contributed by atoms with van der Waals surface area (Å²) in [5, 5.41) is 0. The van der Waals surface area contributed by atoms with Crippen molar-refractivity contribution in [1.82, 2.24) is 0 Å². The molecule has 0 aromatic heterocycles. The van der Waals surface area contributed by atoms with Gasteiger partial charge in [0.25, 0.3) is 0 Å². The molecule has 5 heteroatoms. The highest BCUT2D eigenvalue weighted by Gasteiger charge is 2.35. The predicted octanol–water partition coefficient (Wildman–Crippen LogP) is 10.7. The number of benzene rings is 5. The molecule has 0 radical (unpaired) electrons. The van der Waals surface area contributed by atoms with Crippen LogP contribution < -0.4 is 9.64 Å². The average molecular weight is 651 g/mol. The van der Waals surface area contributed by atoms with Gasteiger partial charge in [0, 0.05) is 22.1 Å². The molecule has 6 rings (SSSR count). The van der Waals surface area contributed by atoms with Gasteiger partial charge in [0.1, 0.15) is 18.2 Å². The smallest absolute Gasteiger partial charge is 0.227 e. The molecular weight excluding hydrogens is 613 g/mol. The van der Waals surface area contributed by atoms with Crippen LogP contribution in [-0.4, -0.2) is 5.91 Å². The van der Waals surface area contributed by atoms with Crippen molar-refractivity contribution in [3.63, 3.8) is 0 Å². The number of hydrogen-bond donors (Lipinski definition) is 0. The molecule has 0 N–H and O–H groups in total. The second-order valence-electron chi connectivity index (χ2n) is 10.9. The lowest BCUT2D eigenvalue weighted by atomic mass is 10.0. The molecule has 0 bridgehead atoms. The van der Waals surface area contributed by atoms with E-state index in [0.29, 0.717) is 13.0 Å². The Kier molecular flexibility index (Phi) is 11.0. The molecule has 0 saturated carbocycles. The van der Waals surface area contributed by atoms with E-state index >= 15 is 0 Å². The molecule has 1 atom stereocenters. The van der Waals surface area contributed by atoms with Crippen molar-refractivity contribution in [3.8, 4) is 16.9 Å². The molecule has 1 amide bonds. The minimum Gasteiger partial charge on any atom is -0.489 e. The van der Waals surface area contributed by atoms with Gasteiger partial charge in [-0.3, -0.25) is 4.79 Å². The summed E-state index contributed by atoms with van der Waals surface area (Å²) in [6, 6.07) is 41.4. The van der Waals surface area contributed by atoms with Gasteiger partial charge in [-0.05, 0) is 77.9 Å². The lowest BCUT2D eigenvalue weighted by Gasteiger charge is -2.27. The summed E-state index contributed by atoms with van der Waals surface area (Å²) >= 11 is 3.57. The molecule has 1 aliphatic rings. The van der Waals surface area contributed by atoms with E-state index < -0.39 is 0 Å². The Morgan fingerprint density at radius 3 is 2.14 bits per heavy atom. The van der Waals surface area contributed by atoms with Crippen LogP contribution in [-0.2, 0) is 17.8 Å². The van der Waals surface area contributed by atoms with Gasteiger partial charge in [-0.15, -0.1) is 0 Å². The van der Waals surface area contributed by atoms with Gasteiger partial charge >= 0.3 is 0 Å². The number of nitrogens with zero attached hydrogens (tertiary/aromatic N) is 1. The standard InChI is InChI=1S/C29H24BrNO2.C10H13F/c30-24-13-16-26(28(19-24)33-20-21-7-3-1-4-8-21)27-17-18-29(32)31(27)25-14-11-23(12-15-25)22-9-5-2-6-10-22;1-2-3-4-9-5-7-10(11)8-6-9/h1-16,19,27H,17-18,20H2;5-8H,2-4H2,1H3. The SMILES string of the molecule is CCCCc1ccc(F)cc1.O=C1CCC(c2ccc(Br)cc2OCc2ccccc2)N1c1ccc(-c2ccccc2)cc1. The number of carbonyl (C=O) groups excluding carboxylic acids is 1. The fraction of sp³-hybridized carbons (Fsp3) is 0.205. The zero-order chi connectivity index (χ0) is 30.7. The predicted molar refractivity (Wildman–Crippen MR) is 181 cm³/mol. The van der Waals surface area contributed by atoms with E-state index in [1.54, 1.807) is 0 Å². The first kappa shape index (κ1) is 31.2. The zero-order valence-corrected chi connectivity index (χ0v) is 26.5. The number of anilines is 1. The summed E-state index contributed by atoms with van der Waals surface area (Å²) in [6.07, 6.45) is 4.74. The molecule has 224 valence electrons. The highest BCUT2D eigenvalue weighted by atomic mass is 79.9. The molecule has 1 fully saturated rings. The molecule has 0 aliphatic carbocycles. The van der Waals surface area contributed by atoms with E-state index in [4.69, 9.17) is 4.74 Å². The van der Waals surface area contributed by atoms with Gasteiger partial charge in [0.05, 0.1) is 6.04 Å². The van der Waals surface area contributed by atoms with Gasteiger partial charge in [-0.2, -0.15) is 0 Å². The highest BCUT2D eigenvalue weighted by molar-refractivity contribution is 9.10. The summed E-state index contributed by atoms with van der Waals surface area (Å²) in [4.78, 5) is 14.9. The number of amides is 1. The molecule has 1 unspecified atom stereocenters. The van der Waals surface area contributed by atoms with Gasteiger partial charge < -0.3 is 9.64 Å². The second kappa shape index (κ2) is 15.5. The molecule has 1 aliphatic heterocycles. The third kappa shape index (κ3) is 8.23. The minimum absolute atomic E-state index is 0.0565. The van der Waals surface area contributed by atoms with Crippen molar-refractivity contribution >= 4 is 27.5 Å². The Morgan fingerprint density at radius 2 is 1.45 bits per heavy atom. The number of ether oxygens (including phenoxy) is 1. The molecular formula is C39H37BrFNO2. The maximum absolute atomic E-state index is 12.9. The summed E-state index contributed by atoms with van der Waals surface area (Å²) in [5.41, 5.74) is 6.59. The van der Waals surface area contributed by atoms with Crippen LogP contribution in [0.2, 0.25) is 0 Å². The van der Waals surface area contributed by atoms with E-state index in [0.717, 1.165) is 51.0 Å². The number of unbranched alkanes of at least 4 members (excludes halogenated alkanes) is 1. The van der Waals surface area contributed by atoms with E-state index in [-0.39, 0.29) is 17.8 Å². The maximum Gasteiger partial charge on any atom is 0.227 e. The van der Waals surface area contributed by atoms with Crippen LogP contribution in [0.25, 0.3) is 11.1 Å². The Balaban J connectivity index is 0.000000296. The van der Waals surface area contributed by atoms with Crippen LogP contribution >= 0.6 is 15.9 Å². The van der Waals surface area contributed by atoms with Crippen molar-refractivity contribution in [2.75, 3.05) is 4.90 Å².